The fraction of sp³-hybridized carbons (Fsp3) is 0.182. The van der Waals surface area contributed by atoms with E-state index in [9.17, 15) is 21.8 Å². The standard InChI is InChI=1S/C16H18I.C6H4F2O3S/c1-3-13-5-9-15(10-6-13)17-16-11-7-14(4-2)8-12-16;7-4-1-2-6(5(8)3-4)12(9,10)11/h5-12H,3-4H2,1-2H3;1-3H,(H,9,10,11)/q+1;/p-1. The summed E-state index contributed by atoms with van der Waals surface area (Å²) in [6.07, 6.45) is 2.26. The van der Waals surface area contributed by atoms with Crippen molar-refractivity contribution in [2.24, 2.45) is 0 Å². The minimum Gasteiger partial charge on any atom is -0.744 e. The zero-order chi connectivity index (χ0) is 21.4. The summed E-state index contributed by atoms with van der Waals surface area (Å²) in [7, 11) is -4.84. The number of halogens is 3. The summed E-state index contributed by atoms with van der Waals surface area (Å²) >= 11 is -0.00746. The van der Waals surface area contributed by atoms with E-state index in [1.54, 1.807) is 0 Å². The Morgan fingerprint density at radius 1 is 0.793 bits per heavy atom. The Bertz CT molecular complexity index is 989. The van der Waals surface area contributed by atoms with Crippen LogP contribution in [0.1, 0.15) is 25.0 Å². The highest BCUT2D eigenvalue weighted by atomic mass is 127. The Morgan fingerprint density at radius 3 is 1.59 bits per heavy atom. The first-order valence-electron chi connectivity index (χ1n) is 8.96. The lowest BCUT2D eigenvalue weighted by atomic mass is 10.2. The third kappa shape index (κ3) is 7.49. The molecule has 0 aliphatic carbocycles. The van der Waals surface area contributed by atoms with Gasteiger partial charge < -0.3 is 4.55 Å². The van der Waals surface area contributed by atoms with E-state index in [2.05, 4.69) is 62.4 Å². The van der Waals surface area contributed by atoms with Crippen molar-refractivity contribution in [1.82, 2.24) is 0 Å². The van der Waals surface area contributed by atoms with Crippen LogP contribution < -0.4 is 21.2 Å². The first kappa shape index (κ1) is 23.4. The predicted molar refractivity (Wildman–Crippen MR) is 103 cm³/mol. The van der Waals surface area contributed by atoms with Gasteiger partial charge in [0, 0.05) is 6.07 Å². The molecule has 0 aromatic heterocycles. The highest BCUT2D eigenvalue weighted by Gasteiger charge is 2.14. The lowest BCUT2D eigenvalue weighted by molar-refractivity contribution is -0.597. The molecule has 0 saturated heterocycles. The minimum absolute atomic E-state index is 0.00746. The van der Waals surface area contributed by atoms with Crippen molar-refractivity contribution in [3.05, 3.63) is 96.6 Å². The molecule has 0 bridgehead atoms. The molecule has 0 spiro atoms. The molecule has 0 N–H and O–H groups in total. The molecule has 7 heteroatoms. The summed E-state index contributed by atoms with van der Waals surface area (Å²) < 4.78 is 58.5. The average molecular weight is 530 g/mol. The second-order valence-corrected chi connectivity index (χ2v) is 10.5. The normalized spacial score (nSPS) is 10.9. The SMILES string of the molecule is CCc1ccc([I+]c2ccc(CC)cc2)cc1.O=S(=O)([O-])c1ccc(F)cc1F. The van der Waals surface area contributed by atoms with Gasteiger partial charge in [0.2, 0.25) is 0 Å². The van der Waals surface area contributed by atoms with Gasteiger partial charge in [0.15, 0.2) is 7.14 Å². The summed E-state index contributed by atoms with van der Waals surface area (Å²) in [5.41, 5.74) is 2.86. The summed E-state index contributed by atoms with van der Waals surface area (Å²) in [6, 6.07) is 19.8. The van der Waals surface area contributed by atoms with Crippen LogP contribution in [0.15, 0.2) is 71.6 Å². The fourth-order valence-corrected chi connectivity index (χ4v) is 5.06. The molecular weight excluding hydrogens is 509 g/mol. The van der Waals surface area contributed by atoms with Crippen LogP contribution >= 0.6 is 0 Å². The molecule has 3 rings (SSSR count). The Hall–Kier alpha value is -1.84. The summed E-state index contributed by atoms with van der Waals surface area (Å²) in [4.78, 5) is -1.04. The number of benzene rings is 3. The molecular formula is C22H21F2IO3S. The van der Waals surface area contributed by atoms with Gasteiger partial charge in [0.05, 0.1) is 4.90 Å². The van der Waals surface area contributed by atoms with Crippen molar-refractivity contribution in [3.63, 3.8) is 0 Å². The van der Waals surface area contributed by atoms with Crippen molar-refractivity contribution in [2.75, 3.05) is 0 Å². The van der Waals surface area contributed by atoms with Crippen LogP contribution in [0.2, 0.25) is 0 Å². The van der Waals surface area contributed by atoms with Crippen LogP contribution in [-0.4, -0.2) is 13.0 Å². The van der Waals surface area contributed by atoms with Gasteiger partial charge in [-0.25, -0.2) is 17.2 Å². The lowest BCUT2D eigenvalue weighted by Gasteiger charge is -2.06. The highest BCUT2D eigenvalue weighted by molar-refractivity contribution is 7.85. The first-order valence-corrected chi connectivity index (χ1v) is 12.5. The third-order valence-corrected chi connectivity index (χ3v) is 7.58. The number of hydrogen-bond donors (Lipinski definition) is 0. The summed E-state index contributed by atoms with van der Waals surface area (Å²) in [6.45, 7) is 4.40. The molecule has 0 aliphatic heterocycles. The van der Waals surface area contributed by atoms with Gasteiger partial charge in [-0.2, -0.15) is 0 Å². The Kier molecular flexibility index (Phi) is 8.73. The van der Waals surface area contributed by atoms with Crippen LogP contribution in [0.5, 0.6) is 0 Å². The molecule has 3 nitrogen and oxygen atoms in total. The summed E-state index contributed by atoms with van der Waals surface area (Å²) in [5, 5.41) is 0. The summed E-state index contributed by atoms with van der Waals surface area (Å²) in [5.74, 6) is -2.30. The minimum atomic E-state index is -4.84. The topological polar surface area (TPSA) is 57.2 Å². The maximum Gasteiger partial charge on any atom is 0.357 e. The van der Waals surface area contributed by atoms with Gasteiger partial charge in [-0.1, -0.05) is 38.1 Å². The number of hydrogen-bond acceptors (Lipinski definition) is 3. The maximum atomic E-state index is 12.5. The van der Waals surface area contributed by atoms with Gasteiger partial charge in [-0.3, -0.25) is 0 Å². The first-order chi connectivity index (χ1) is 13.7. The van der Waals surface area contributed by atoms with Crippen molar-refractivity contribution < 1.29 is 43.0 Å². The molecule has 0 saturated carbocycles. The fourth-order valence-electron chi connectivity index (χ4n) is 2.37. The molecule has 29 heavy (non-hydrogen) atoms. The van der Waals surface area contributed by atoms with Gasteiger partial charge in [-0.15, -0.1) is 0 Å². The maximum absolute atomic E-state index is 12.5. The van der Waals surface area contributed by atoms with Crippen molar-refractivity contribution in [2.45, 2.75) is 31.6 Å². The molecule has 154 valence electrons. The van der Waals surface area contributed by atoms with Gasteiger partial charge >= 0.3 is 21.2 Å². The van der Waals surface area contributed by atoms with E-state index in [0.29, 0.717) is 18.2 Å². The molecule has 0 atom stereocenters. The largest absolute Gasteiger partial charge is 0.744 e. The molecule has 0 radical (unpaired) electrons. The van der Waals surface area contributed by atoms with E-state index in [4.69, 9.17) is 0 Å². The molecule has 0 unspecified atom stereocenters. The van der Waals surface area contributed by atoms with Crippen molar-refractivity contribution in [3.8, 4) is 0 Å². The van der Waals surface area contributed by atoms with Crippen LogP contribution in [-0.2, 0) is 23.0 Å². The van der Waals surface area contributed by atoms with Gasteiger partial charge in [0.25, 0.3) is 0 Å². The zero-order valence-corrected chi connectivity index (χ0v) is 19.0. The number of rotatable bonds is 5. The smallest absolute Gasteiger partial charge is 0.357 e. The van der Waals surface area contributed by atoms with Crippen LogP contribution in [0.3, 0.4) is 0 Å². The molecule has 0 fully saturated rings. The van der Waals surface area contributed by atoms with E-state index in [1.807, 2.05) is 0 Å². The molecule has 3 aromatic rings. The Morgan fingerprint density at radius 2 is 1.24 bits per heavy atom. The average Bonchev–Trinajstić information content (AvgIpc) is 2.68. The van der Waals surface area contributed by atoms with Crippen molar-refractivity contribution in [1.29, 1.82) is 0 Å². The molecule has 0 amide bonds. The monoisotopic (exact) mass is 530 g/mol. The molecule has 0 aliphatic rings. The van der Waals surface area contributed by atoms with E-state index < -0.39 is 26.6 Å². The highest BCUT2D eigenvalue weighted by Crippen LogP contribution is 2.14. The van der Waals surface area contributed by atoms with Crippen molar-refractivity contribution >= 4 is 10.1 Å². The second-order valence-electron chi connectivity index (χ2n) is 6.08. The molecule has 0 heterocycles. The van der Waals surface area contributed by atoms with E-state index in [0.717, 1.165) is 12.8 Å². The number of aryl methyl sites for hydroxylation is 2. The van der Waals surface area contributed by atoms with E-state index in [1.165, 1.54) is 18.3 Å². The van der Waals surface area contributed by atoms with Crippen LogP contribution in [0.4, 0.5) is 8.78 Å². The van der Waals surface area contributed by atoms with Crippen LogP contribution in [0.25, 0.3) is 0 Å². The predicted octanol–water partition coefficient (Wildman–Crippen LogP) is 1.81. The Balaban J connectivity index is 0.000000221. The third-order valence-electron chi connectivity index (χ3n) is 4.02. The van der Waals surface area contributed by atoms with Gasteiger partial charge in [-0.05, 0) is 60.4 Å². The Labute approximate surface area is 180 Å². The molecule has 3 aromatic carbocycles. The zero-order valence-electron chi connectivity index (χ0n) is 16.0. The van der Waals surface area contributed by atoms with Crippen LogP contribution in [0, 0.1) is 18.8 Å². The van der Waals surface area contributed by atoms with Gasteiger partial charge in [0.1, 0.15) is 21.8 Å². The second kappa shape index (κ2) is 10.8. The van der Waals surface area contributed by atoms with E-state index in [-0.39, 0.29) is 21.2 Å². The quantitative estimate of drug-likeness (QED) is 0.374. The lowest BCUT2D eigenvalue weighted by Crippen LogP contribution is -3.61. The van der Waals surface area contributed by atoms with E-state index >= 15 is 0 Å².